The van der Waals surface area contributed by atoms with Gasteiger partial charge in [-0.05, 0) is 28.1 Å². The van der Waals surface area contributed by atoms with Gasteiger partial charge in [0.1, 0.15) is 11.8 Å². The van der Waals surface area contributed by atoms with Crippen LogP contribution in [0.4, 0.5) is 0 Å². The summed E-state index contributed by atoms with van der Waals surface area (Å²) in [4.78, 5) is 13.4. The predicted molar refractivity (Wildman–Crippen MR) is 63.2 cm³/mol. The largest absolute Gasteiger partial charge is 0.468 e. The Morgan fingerprint density at radius 3 is 3.06 bits per heavy atom. The molecule has 2 heterocycles. The molecular formula is C11H14BrNO4. The van der Waals surface area contributed by atoms with E-state index in [1.807, 2.05) is 11.0 Å². The molecule has 0 bridgehead atoms. The lowest BCUT2D eigenvalue weighted by atomic mass is 10.2. The van der Waals surface area contributed by atoms with E-state index in [1.165, 1.54) is 7.11 Å². The highest BCUT2D eigenvalue weighted by Gasteiger charge is 2.36. The molecule has 0 amide bonds. The number of rotatable bonds is 3. The van der Waals surface area contributed by atoms with E-state index in [-0.39, 0.29) is 12.0 Å². The third-order valence-electron chi connectivity index (χ3n) is 2.84. The molecule has 1 aromatic heterocycles. The Morgan fingerprint density at radius 1 is 1.71 bits per heavy atom. The van der Waals surface area contributed by atoms with Crippen LogP contribution >= 0.6 is 15.9 Å². The number of β-amino-alcohol motifs (C(OH)–C–C–N with tert-alkyl or cyclic N) is 1. The minimum atomic E-state index is -0.488. The van der Waals surface area contributed by atoms with Gasteiger partial charge in [0, 0.05) is 13.0 Å². The molecule has 5 nitrogen and oxygen atoms in total. The summed E-state index contributed by atoms with van der Waals surface area (Å²) in [6, 6.07) is 3.25. The summed E-state index contributed by atoms with van der Waals surface area (Å²) in [5, 5.41) is 9.61. The highest BCUT2D eigenvalue weighted by molar-refractivity contribution is 9.10. The maximum Gasteiger partial charge on any atom is 0.323 e. The number of aliphatic hydroxyl groups is 1. The van der Waals surface area contributed by atoms with Crippen molar-refractivity contribution in [2.24, 2.45) is 0 Å². The van der Waals surface area contributed by atoms with Crippen molar-refractivity contribution in [3.05, 3.63) is 22.6 Å². The van der Waals surface area contributed by atoms with Crippen molar-refractivity contribution in [1.29, 1.82) is 0 Å². The van der Waals surface area contributed by atoms with Crippen LogP contribution in [0.3, 0.4) is 0 Å². The van der Waals surface area contributed by atoms with Gasteiger partial charge in [0.25, 0.3) is 0 Å². The monoisotopic (exact) mass is 303 g/mol. The van der Waals surface area contributed by atoms with Crippen LogP contribution in [0.15, 0.2) is 21.2 Å². The lowest BCUT2D eigenvalue weighted by Crippen LogP contribution is -2.36. The van der Waals surface area contributed by atoms with E-state index in [0.29, 0.717) is 24.2 Å². The van der Waals surface area contributed by atoms with Gasteiger partial charge >= 0.3 is 5.97 Å². The quantitative estimate of drug-likeness (QED) is 0.849. The summed E-state index contributed by atoms with van der Waals surface area (Å²) >= 11 is 3.22. The summed E-state index contributed by atoms with van der Waals surface area (Å²) in [6.07, 6.45) is -0.0772. The number of nitrogens with zero attached hydrogens (tertiary/aromatic N) is 1. The van der Waals surface area contributed by atoms with E-state index in [4.69, 9.17) is 9.15 Å². The van der Waals surface area contributed by atoms with E-state index in [9.17, 15) is 9.90 Å². The Labute approximate surface area is 107 Å². The zero-order valence-corrected chi connectivity index (χ0v) is 11.0. The van der Waals surface area contributed by atoms with E-state index in [2.05, 4.69) is 15.9 Å². The molecule has 0 spiro atoms. The Balaban J connectivity index is 2.05. The predicted octanol–water partition coefficient (Wildman–Crippen LogP) is 1.15. The molecule has 0 aliphatic carbocycles. The molecule has 6 heteroatoms. The molecule has 94 valence electrons. The van der Waals surface area contributed by atoms with Crippen LogP contribution in [0.5, 0.6) is 0 Å². The van der Waals surface area contributed by atoms with Crippen molar-refractivity contribution < 1.29 is 19.1 Å². The van der Waals surface area contributed by atoms with Crippen molar-refractivity contribution in [3.8, 4) is 0 Å². The van der Waals surface area contributed by atoms with Crippen LogP contribution in [0.1, 0.15) is 12.2 Å². The van der Waals surface area contributed by atoms with Gasteiger partial charge in [-0.2, -0.15) is 0 Å². The summed E-state index contributed by atoms with van der Waals surface area (Å²) in [5.41, 5.74) is 0. The van der Waals surface area contributed by atoms with Crippen LogP contribution in [-0.2, 0) is 16.1 Å². The van der Waals surface area contributed by atoms with Crippen LogP contribution in [0.2, 0.25) is 0 Å². The average Bonchev–Trinajstić information content (AvgIpc) is 2.85. The molecule has 1 aliphatic heterocycles. The Kier molecular flexibility index (Phi) is 3.86. The van der Waals surface area contributed by atoms with E-state index >= 15 is 0 Å². The van der Waals surface area contributed by atoms with Crippen molar-refractivity contribution in [1.82, 2.24) is 4.90 Å². The summed E-state index contributed by atoms with van der Waals surface area (Å²) < 4.78 is 10.8. The molecular weight excluding hydrogens is 290 g/mol. The number of halogens is 1. The van der Waals surface area contributed by atoms with Crippen molar-refractivity contribution in [2.45, 2.75) is 25.1 Å². The number of aliphatic hydroxyl groups excluding tert-OH is 1. The van der Waals surface area contributed by atoms with Gasteiger partial charge in [0.15, 0.2) is 4.67 Å². The number of furan rings is 1. The molecule has 1 N–H and O–H groups in total. The third kappa shape index (κ3) is 2.88. The maximum atomic E-state index is 11.6. The zero-order chi connectivity index (χ0) is 12.4. The smallest absolute Gasteiger partial charge is 0.323 e. The van der Waals surface area contributed by atoms with Gasteiger partial charge in [-0.15, -0.1) is 0 Å². The van der Waals surface area contributed by atoms with E-state index < -0.39 is 6.10 Å². The second kappa shape index (κ2) is 5.20. The first kappa shape index (κ1) is 12.6. The van der Waals surface area contributed by atoms with Gasteiger partial charge in [-0.1, -0.05) is 0 Å². The van der Waals surface area contributed by atoms with Gasteiger partial charge in [-0.3, -0.25) is 9.69 Å². The number of methoxy groups -OCH3 is 1. The number of esters is 1. The van der Waals surface area contributed by atoms with Crippen LogP contribution in [0.25, 0.3) is 0 Å². The molecule has 2 unspecified atom stereocenters. The topological polar surface area (TPSA) is 62.9 Å². The number of likely N-dealkylation sites (tertiary alicyclic amines) is 1. The van der Waals surface area contributed by atoms with Crippen LogP contribution < -0.4 is 0 Å². The Bertz CT molecular complexity index is 406. The lowest BCUT2D eigenvalue weighted by molar-refractivity contribution is -0.146. The SMILES string of the molecule is COC(=O)C1CC(O)CN1Cc1ccc(Br)o1. The van der Waals surface area contributed by atoms with Gasteiger partial charge in [0.05, 0.1) is 19.8 Å². The fourth-order valence-corrected chi connectivity index (χ4v) is 2.41. The molecule has 0 saturated carbocycles. The van der Waals surface area contributed by atoms with E-state index in [1.54, 1.807) is 6.07 Å². The first-order valence-electron chi connectivity index (χ1n) is 5.34. The molecule has 1 fully saturated rings. The molecule has 17 heavy (non-hydrogen) atoms. The molecule has 2 atom stereocenters. The lowest BCUT2D eigenvalue weighted by Gasteiger charge is -2.20. The number of hydrogen-bond donors (Lipinski definition) is 1. The fourth-order valence-electron chi connectivity index (χ4n) is 2.07. The molecule has 0 radical (unpaired) electrons. The standard InChI is InChI=1S/C11H14BrNO4/c1-16-11(15)9-4-7(14)5-13(9)6-8-2-3-10(12)17-8/h2-3,7,9,14H,4-6H2,1H3. The summed E-state index contributed by atoms with van der Waals surface area (Å²) in [7, 11) is 1.36. The zero-order valence-electron chi connectivity index (χ0n) is 9.43. The highest BCUT2D eigenvalue weighted by Crippen LogP contribution is 2.23. The average molecular weight is 304 g/mol. The first-order chi connectivity index (χ1) is 8.10. The van der Waals surface area contributed by atoms with E-state index in [0.717, 1.165) is 5.76 Å². The second-order valence-electron chi connectivity index (χ2n) is 4.06. The second-order valence-corrected chi connectivity index (χ2v) is 4.85. The number of carbonyl (C=O) groups excluding carboxylic acids is 1. The summed E-state index contributed by atoms with van der Waals surface area (Å²) in [5.74, 6) is 0.437. The minimum Gasteiger partial charge on any atom is -0.468 e. The Morgan fingerprint density at radius 2 is 2.47 bits per heavy atom. The van der Waals surface area contributed by atoms with Crippen molar-refractivity contribution in [3.63, 3.8) is 0 Å². The molecule has 1 aliphatic rings. The first-order valence-corrected chi connectivity index (χ1v) is 6.13. The van der Waals surface area contributed by atoms with Gasteiger partial charge in [-0.25, -0.2) is 0 Å². The van der Waals surface area contributed by atoms with Crippen molar-refractivity contribution in [2.75, 3.05) is 13.7 Å². The fraction of sp³-hybridized carbons (Fsp3) is 0.545. The van der Waals surface area contributed by atoms with Gasteiger partial charge < -0.3 is 14.3 Å². The number of hydrogen-bond acceptors (Lipinski definition) is 5. The summed E-state index contributed by atoms with van der Waals surface area (Å²) in [6.45, 7) is 0.945. The third-order valence-corrected chi connectivity index (χ3v) is 3.27. The normalized spacial score (nSPS) is 25.1. The molecule has 1 saturated heterocycles. The van der Waals surface area contributed by atoms with Crippen molar-refractivity contribution >= 4 is 21.9 Å². The number of ether oxygens (including phenoxy) is 1. The van der Waals surface area contributed by atoms with Crippen LogP contribution in [-0.4, -0.2) is 41.8 Å². The highest BCUT2D eigenvalue weighted by atomic mass is 79.9. The molecule has 0 aromatic carbocycles. The Hall–Kier alpha value is -0.850. The van der Waals surface area contributed by atoms with Crippen LogP contribution in [0, 0.1) is 0 Å². The minimum absolute atomic E-state index is 0.313. The molecule has 1 aromatic rings. The molecule has 2 rings (SSSR count). The van der Waals surface area contributed by atoms with Gasteiger partial charge in [0.2, 0.25) is 0 Å². The number of carbonyl (C=O) groups is 1. The maximum absolute atomic E-state index is 11.6.